The van der Waals surface area contributed by atoms with Crippen molar-refractivity contribution in [1.29, 1.82) is 0 Å². The molecule has 2 aromatic carbocycles. The summed E-state index contributed by atoms with van der Waals surface area (Å²) in [7, 11) is 0. The highest BCUT2D eigenvalue weighted by Crippen LogP contribution is 2.22. The van der Waals surface area contributed by atoms with Gasteiger partial charge in [-0.3, -0.25) is 0 Å². The van der Waals surface area contributed by atoms with Gasteiger partial charge in [0, 0.05) is 6.04 Å². The number of benzene rings is 2. The fourth-order valence-electron chi connectivity index (χ4n) is 2.65. The molecule has 0 fully saturated rings. The van der Waals surface area contributed by atoms with Gasteiger partial charge < -0.3 is 5.32 Å². The highest BCUT2D eigenvalue weighted by Gasteiger charge is 2.14. The molecule has 20 heavy (non-hydrogen) atoms. The second-order valence-electron chi connectivity index (χ2n) is 5.33. The first-order valence-corrected chi connectivity index (χ1v) is 7.15. The molecule has 1 unspecified atom stereocenters. The lowest BCUT2D eigenvalue weighted by atomic mass is 9.95. The zero-order valence-electron chi connectivity index (χ0n) is 12.4. The molecule has 1 nitrogen and oxygen atoms in total. The molecule has 0 aliphatic rings. The Bertz CT molecular complexity index is 557. The molecule has 0 saturated carbocycles. The third-order valence-corrected chi connectivity index (χ3v) is 3.48. The van der Waals surface area contributed by atoms with Gasteiger partial charge in [0.25, 0.3) is 0 Å². The van der Waals surface area contributed by atoms with Gasteiger partial charge in [-0.2, -0.15) is 0 Å². The Morgan fingerprint density at radius 2 is 1.70 bits per heavy atom. The largest absolute Gasteiger partial charge is 0.310 e. The summed E-state index contributed by atoms with van der Waals surface area (Å²) in [4.78, 5) is 0. The minimum absolute atomic E-state index is 0.125. The van der Waals surface area contributed by atoms with E-state index in [1.54, 1.807) is 6.07 Å². The quantitative estimate of drug-likeness (QED) is 0.853. The van der Waals surface area contributed by atoms with Crippen LogP contribution in [0.2, 0.25) is 0 Å². The van der Waals surface area contributed by atoms with E-state index in [-0.39, 0.29) is 11.9 Å². The minimum atomic E-state index is -0.125. The summed E-state index contributed by atoms with van der Waals surface area (Å²) in [6, 6.07) is 13.7. The first-order valence-electron chi connectivity index (χ1n) is 7.15. The average molecular weight is 271 g/mol. The molecule has 0 aliphatic heterocycles. The van der Waals surface area contributed by atoms with Crippen LogP contribution in [-0.2, 0) is 6.42 Å². The van der Waals surface area contributed by atoms with Gasteiger partial charge in [-0.25, -0.2) is 4.39 Å². The van der Waals surface area contributed by atoms with Crippen molar-refractivity contribution in [2.24, 2.45) is 0 Å². The molecular weight excluding hydrogens is 249 g/mol. The van der Waals surface area contributed by atoms with Crippen molar-refractivity contribution in [3.05, 3.63) is 70.5 Å². The first kappa shape index (κ1) is 14.7. The van der Waals surface area contributed by atoms with E-state index in [1.807, 2.05) is 12.1 Å². The average Bonchev–Trinajstić information content (AvgIpc) is 2.39. The smallest absolute Gasteiger partial charge is 0.126 e. The van der Waals surface area contributed by atoms with Crippen LogP contribution < -0.4 is 5.32 Å². The molecule has 0 saturated heterocycles. The van der Waals surface area contributed by atoms with E-state index in [9.17, 15) is 4.39 Å². The Morgan fingerprint density at radius 1 is 1.05 bits per heavy atom. The van der Waals surface area contributed by atoms with E-state index in [0.717, 1.165) is 12.1 Å². The van der Waals surface area contributed by atoms with Gasteiger partial charge in [0.15, 0.2) is 0 Å². The Balaban J connectivity index is 2.29. The van der Waals surface area contributed by atoms with E-state index in [2.05, 4.69) is 44.3 Å². The van der Waals surface area contributed by atoms with Gasteiger partial charge in [-0.1, -0.05) is 54.4 Å². The van der Waals surface area contributed by atoms with Crippen molar-refractivity contribution in [2.75, 3.05) is 6.54 Å². The highest BCUT2D eigenvalue weighted by atomic mass is 19.1. The van der Waals surface area contributed by atoms with Crippen LogP contribution >= 0.6 is 0 Å². The molecule has 0 aliphatic carbocycles. The summed E-state index contributed by atoms with van der Waals surface area (Å²) in [5, 5.41) is 3.46. The fourth-order valence-corrected chi connectivity index (χ4v) is 2.65. The Labute approximate surface area is 120 Å². The molecular formula is C18H22FN. The number of halogens is 1. The lowest BCUT2D eigenvalue weighted by Gasteiger charge is -2.20. The van der Waals surface area contributed by atoms with Crippen LogP contribution in [-0.4, -0.2) is 6.54 Å². The van der Waals surface area contributed by atoms with E-state index in [4.69, 9.17) is 0 Å². The highest BCUT2D eigenvalue weighted by molar-refractivity contribution is 5.32. The molecule has 2 aromatic rings. The van der Waals surface area contributed by atoms with Crippen molar-refractivity contribution >= 4 is 0 Å². The summed E-state index contributed by atoms with van der Waals surface area (Å²) in [6.45, 7) is 7.15. The van der Waals surface area contributed by atoms with E-state index in [1.165, 1.54) is 22.8 Å². The van der Waals surface area contributed by atoms with Gasteiger partial charge >= 0.3 is 0 Å². The van der Waals surface area contributed by atoms with Crippen molar-refractivity contribution < 1.29 is 4.39 Å². The van der Waals surface area contributed by atoms with Crippen LogP contribution in [0.5, 0.6) is 0 Å². The third kappa shape index (κ3) is 3.67. The van der Waals surface area contributed by atoms with Crippen LogP contribution in [0.1, 0.15) is 35.2 Å². The topological polar surface area (TPSA) is 12.0 Å². The van der Waals surface area contributed by atoms with Crippen LogP contribution in [0.4, 0.5) is 4.39 Å². The lowest BCUT2D eigenvalue weighted by molar-refractivity contribution is 0.527. The molecule has 0 radical (unpaired) electrons. The number of aryl methyl sites for hydroxylation is 2. The molecule has 1 N–H and O–H groups in total. The van der Waals surface area contributed by atoms with Gasteiger partial charge in [-0.15, -0.1) is 0 Å². The van der Waals surface area contributed by atoms with Gasteiger partial charge in [0.2, 0.25) is 0 Å². The fraction of sp³-hybridized carbons (Fsp3) is 0.333. The second kappa shape index (κ2) is 6.67. The van der Waals surface area contributed by atoms with Crippen molar-refractivity contribution in [1.82, 2.24) is 5.32 Å². The van der Waals surface area contributed by atoms with Crippen LogP contribution in [0.15, 0.2) is 42.5 Å². The monoisotopic (exact) mass is 271 g/mol. The molecule has 106 valence electrons. The number of hydrogen-bond donors (Lipinski definition) is 1. The Kier molecular flexibility index (Phi) is 4.91. The maximum atomic E-state index is 13.8. The molecule has 0 bridgehead atoms. The molecule has 1 atom stereocenters. The standard InChI is InChI=1S/C18H22FN/c1-4-20-18(12-15-7-5-6-8-17(15)19)16-10-13(2)9-14(3)11-16/h5-11,18,20H,4,12H2,1-3H3. The van der Waals surface area contributed by atoms with Crippen molar-refractivity contribution in [2.45, 2.75) is 33.2 Å². The van der Waals surface area contributed by atoms with Crippen LogP contribution in [0, 0.1) is 19.7 Å². The SMILES string of the molecule is CCNC(Cc1ccccc1F)c1cc(C)cc(C)c1. The Morgan fingerprint density at radius 3 is 2.30 bits per heavy atom. The number of nitrogens with one attached hydrogen (secondary N) is 1. The summed E-state index contributed by atoms with van der Waals surface area (Å²) in [5.41, 5.74) is 4.48. The lowest BCUT2D eigenvalue weighted by Crippen LogP contribution is -2.23. The van der Waals surface area contributed by atoms with Gasteiger partial charge in [0.1, 0.15) is 5.82 Å². The van der Waals surface area contributed by atoms with E-state index >= 15 is 0 Å². The summed E-state index contributed by atoms with van der Waals surface area (Å²) < 4.78 is 13.8. The second-order valence-corrected chi connectivity index (χ2v) is 5.33. The number of likely N-dealkylation sites (N-methyl/N-ethyl adjacent to an activating group) is 1. The first-order chi connectivity index (χ1) is 9.60. The molecule has 0 aromatic heterocycles. The Hall–Kier alpha value is -1.67. The maximum absolute atomic E-state index is 13.8. The minimum Gasteiger partial charge on any atom is -0.310 e. The zero-order chi connectivity index (χ0) is 14.5. The van der Waals surface area contributed by atoms with Crippen molar-refractivity contribution in [3.8, 4) is 0 Å². The van der Waals surface area contributed by atoms with Gasteiger partial charge in [0.05, 0.1) is 0 Å². The predicted molar refractivity (Wildman–Crippen MR) is 82.4 cm³/mol. The van der Waals surface area contributed by atoms with Crippen LogP contribution in [0.3, 0.4) is 0 Å². The molecule has 0 amide bonds. The van der Waals surface area contributed by atoms with E-state index in [0.29, 0.717) is 6.42 Å². The number of hydrogen-bond acceptors (Lipinski definition) is 1. The molecule has 2 rings (SSSR count). The van der Waals surface area contributed by atoms with E-state index < -0.39 is 0 Å². The summed E-state index contributed by atoms with van der Waals surface area (Å²) >= 11 is 0. The van der Waals surface area contributed by atoms with Crippen molar-refractivity contribution in [3.63, 3.8) is 0 Å². The third-order valence-electron chi connectivity index (χ3n) is 3.48. The summed E-state index contributed by atoms with van der Waals surface area (Å²) in [5.74, 6) is -0.125. The zero-order valence-corrected chi connectivity index (χ0v) is 12.4. The predicted octanol–water partition coefficient (Wildman–Crippen LogP) is 4.34. The van der Waals surface area contributed by atoms with Crippen LogP contribution in [0.25, 0.3) is 0 Å². The molecule has 0 spiro atoms. The molecule has 2 heteroatoms. The molecule has 0 heterocycles. The number of rotatable bonds is 5. The van der Waals surface area contributed by atoms with Gasteiger partial charge in [-0.05, 0) is 44.0 Å². The maximum Gasteiger partial charge on any atom is 0.126 e. The summed E-state index contributed by atoms with van der Waals surface area (Å²) in [6.07, 6.45) is 0.670. The normalized spacial score (nSPS) is 12.4.